The topological polar surface area (TPSA) is 74.0 Å². The molecule has 0 bridgehead atoms. The molecule has 0 atom stereocenters. The Bertz CT molecular complexity index is 382. The number of nitrogens with zero attached hydrogens (tertiary/aromatic N) is 2. The Hall–Kier alpha value is -1.89. The number of carboxylic acid groups (broad SMARTS) is 1. The Balaban J connectivity index is 3.39. The minimum absolute atomic E-state index is 0.0194. The van der Waals surface area contributed by atoms with Gasteiger partial charge in [0, 0.05) is 0 Å². The molecule has 4 heteroatoms. The van der Waals surface area contributed by atoms with Crippen LogP contribution in [0.5, 0.6) is 0 Å². The molecule has 0 radical (unpaired) electrons. The fourth-order valence-corrected chi connectivity index (χ4v) is 1.11. The number of aromatic nitrogens is 1. The second kappa shape index (κ2) is 3.23. The van der Waals surface area contributed by atoms with E-state index < -0.39 is 5.97 Å². The molecule has 0 aliphatic heterocycles. The van der Waals surface area contributed by atoms with E-state index >= 15 is 0 Å². The number of pyridine rings is 1. The predicted octanol–water partition coefficient (Wildman–Crippen LogP) is 1.27. The van der Waals surface area contributed by atoms with E-state index in [9.17, 15) is 4.79 Å². The molecule has 13 heavy (non-hydrogen) atoms. The van der Waals surface area contributed by atoms with Crippen molar-refractivity contribution < 1.29 is 9.90 Å². The standard InChI is InChI=1S/C9H8N2O2/c1-5-3-8(9(12)13)11-6(2)7(5)4-10/h3H,1-2H3,(H,12,13). The van der Waals surface area contributed by atoms with Gasteiger partial charge in [0.15, 0.2) is 0 Å². The van der Waals surface area contributed by atoms with Crippen LogP contribution in [0.15, 0.2) is 6.07 Å². The van der Waals surface area contributed by atoms with Gasteiger partial charge in [-0.15, -0.1) is 0 Å². The third-order valence-corrected chi connectivity index (χ3v) is 1.73. The number of nitriles is 1. The van der Waals surface area contributed by atoms with Gasteiger partial charge < -0.3 is 5.11 Å². The molecule has 0 saturated heterocycles. The number of carbonyl (C=O) groups is 1. The van der Waals surface area contributed by atoms with Gasteiger partial charge in [-0.1, -0.05) is 0 Å². The maximum absolute atomic E-state index is 10.6. The number of hydrogen-bond donors (Lipinski definition) is 1. The minimum Gasteiger partial charge on any atom is -0.477 e. The Labute approximate surface area is 75.5 Å². The van der Waals surface area contributed by atoms with E-state index in [0.29, 0.717) is 16.8 Å². The summed E-state index contributed by atoms with van der Waals surface area (Å²) < 4.78 is 0. The molecule has 0 spiro atoms. The number of aromatic carboxylic acids is 1. The van der Waals surface area contributed by atoms with Crippen LogP contribution in [0.2, 0.25) is 0 Å². The Kier molecular flexibility index (Phi) is 2.29. The maximum Gasteiger partial charge on any atom is 0.354 e. The monoisotopic (exact) mass is 176 g/mol. The van der Waals surface area contributed by atoms with Crippen molar-refractivity contribution in [3.8, 4) is 6.07 Å². The van der Waals surface area contributed by atoms with Crippen LogP contribution in [0.25, 0.3) is 0 Å². The lowest BCUT2D eigenvalue weighted by Gasteiger charge is -2.02. The highest BCUT2D eigenvalue weighted by Crippen LogP contribution is 2.11. The van der Waals surface area contributed by atoms with Crippen molar-refractivity contribution in [1.29, 1.82) is 5.26 Å². The summed E-state index contributed by atoms with van der Waals surface area (Å²) >= 11 is 0. The van der Waals surface area contributed by atoms with E-state index in [1.807, 2.05) is 6.07 Å². The first-order valence-corrected chi connectivity index (χ1v) is 3.68. The zero-order valence-electron chi connectivity index (χ0n) is 7.33. The van der Waals surface area contributed by atoms with Gasteiger partial charge in [0.1, 0.15) is 11.8 Å². The van der Waals surface area contributed by atoms with Crippen LogP contribution in [0.1, 0.15) is 27.3 Å². The quantitative estimate of drug-likeness (QED) is 0.699. The summed E-state index contributed by atoms with van der Waals surface area (Å²) in [6, 6.07) is 3.37. The van der Waals surface area contributed by atoms with Crippen LogP contribution in [0.4, 0.5) is 0 Å². The third-order valence-electron chi connectivity index (χ3n) is 1.73. The van der Waals surface area contributed by atoms with Crippen LogP contribution < -0.4 is 0 Å². The number of hydrogen-bond acceptors (Lipinski definition) is 3. The molecule has 1 heterocycles. The zero-order chi connectivity index (χ0) is 10.0. The molecule has 4 nitrogen and oxygen atoms in total. The fourth-order valence-electron chi connectivity index (χ4n) is 1.11. The minimum atomic E-state index is -1.07. The molecule has 1 N–H and O–H groups in total. The van der Waals surface area contributed by atoms with Crippen LogP contribution in [0.3, 0.4) is 0 Å². The Morgan fingerprint density at radius 3 is 2.62 bits per heavy atom. The maximum atomic E-state index is 10.6. The molecule has 1 aromatic heterocycles. The summed E-state index contributed by atoms with van der Waals surface area (Å²) in [5, 5.41) is 17.3. The van der Waals surface area contributed by atoms with Crippen molar-refractivity contribution in [2.75, 3.05) is 0 Å². The van der Waals surface area contributed by atoms with Crippen molar-refractivity contribution in [3.63, 3.8) is 0 Å². The smallest absolute Gasteiger partial charge is 0.354 e. The SMILES string of the molecule is Cc1cc(C(=O)O)nc(C)c1C#N. The van der Waals surface area contributed by atoms with Gasteiger partial charge in [-0.3, -0.25) is 0 Å². The number of carboxylic acids is 1. The Morgan fingerprint density at radius 1 is 1.62 bits per heavy atom. The summed E-state index contributed by atoms with van der Waals surface area (Å²) in [6.07, 6.45) is 0. The molecule has 0 amide bonds. The molecule has 1 rings (SSSR count). The second-order valence-corrected chi connectivity index (χ2v) is 2.70. The summed E-state index contributed by atoms with van der Waals surface area (Å²) in [7, 11) is 0. The predicted molar refractivity (Wildman–Crippen MR) is 45.4 cm³/mol. The molecule has 66 valence electrons. The van der Waals surface area contributed by atoms with E-state index in [0.717, 1.165) is 0 Å². The van der Waals surface area contributed by atoms with Gasteiger partial charge >= 0.3 is 5.97 Å². The van der Waals surface area contributed by atoms with Gasteiger partial charge in [-0.2, -0.15) is 5.26 Å². The summed E-state index contributed by atoms with van der Waals surface area (Å²) in [4.78, 5) is 14.3. The lowest BCUT2D eigenvalue weighted by atomic mass is 10.1. The first-order valence-electron chi connectivity index (χ1n) is 3.68. The summed E-state index contributed by atoms with van der Waals surface area (Å²) in [5.41, 5.74) is 1.53. The van der Waals surface area contributed by atoms with Gasteiger partial charge in [0.2, 0.25) is 0 Å². The average molecular weight is 176 g/mol. The van der Waals surface area contributed by atoms with Crippen molar-refractivity contribution in [2.45, 2.75) is 13.8 Å². The molecule has 0 aliphatic rings. The van der Waals surface area contributed by atoms with E-state index in [1.165, 1.54) is 6.07 Å². The van der Waals surface area contributed by atoms with Crippen LogP contribution >= 0.6 is 0 Å². The van der Waals surface area contributed by atoms with Crippen molar-refractivity contribution in [2.24, 2.45) is 0 Å². The van der Waals surface area contributed by atoms with Gasteiger partial charge in [-0.25, -0.2) is 9.78 Å². The van der Waals surface area contributed by atoms with Crippen LogP contribution in [-0.2, 0) is 0 Å². The highest BCUT2D eigenvalue weighted by Gasteiger charge is 2.10. The summed E-state index contributed by atoms with van der Waals surface area (Å²) in [6.45, 7) is 3.32. The number of rotatable bonds is 1. The van der Waals surface area contributed by atoms with Crippen molar-refractivity contribution >= 4 is 5.97 Å². The lowest BCUT2D eigenvalue weighted by molar-refractivity contribution is 0.0690. The van der Waals surface area contributed by atoms with Gasteiger partial charge in [0.25, 0.3) is 0 Å². The van der Waals surface area contributed by atoms with E-state index in [-0.39, 0.29) is 5.69 Å². The molecule has 0 saturated carbocycles. The fraction of sp³-hybridized carbons (Fsp3) is 0.222. The highest BCUT2D eigenvalue weighted by molar-refractivity contribution is 5.85. The normalized spacial score (nSPS) is 9.31. The van der Waals surface area contributed by atoms with Gasteiger partial charge in [-0.05, 0) is 25.5 Å². The molecular formula is C9H8N2O2. The second-order valence-electron chi connectivity index (χ2n) is 2.70. The van der Waals surface area contributed by atoms with E-state index in [4.69, 9.17) is 10.4 Å². The average Bonchev–Trinajstić information content (AvgIpc) is 2.03. The lowest BCUT2D eigenvalue weighted by Crippen LogP contribution is -2.04. The summed E-state index contributed by atoms with van der Waals surface area (Å²) in [5.74, 6) is -1.07. The highest BCUT2D eigenvalue weighted by atomic mass is 16.4. The molecule has 1 aromatic rings. The molecule has 0 unspecified atom stereocenters. The van der Waals surface area contributed by atoms with Crippen LogP contribution in [0, 0.1) is 25.2 Å². The van der Waals surface area contributed by atoms with E-state index in [2.05, 4.69) is 4.98 Å². The first kappa shape index (κ1) is 9.20. The zero-order valence-corrected chi connectivity index (χ0v) is 7.33. The first-order chi connectivity index (χ1) is 6.06. The Morgan fingerprint density at radius 2 is 2.23 bits per heavy atom. The van der Waals surface area contributed by atoms with Gasteiger partial charge in [0.05, 0.1) is 11.3 Å². The molecule has 0 aliphatic carbocycles. The molecule has 0 fully saturated rings. The molecule has 0 aromatic carbocycles. The van der Waals surface area contributed by atoms with Crippen LogP contribution in [-0.4, -0.2) is 16.1 Å². The van der Waals surface area contributed by atoms with Crippen molar-refractivity contribution in [1.82, 2.24) is 4.98 Å². The van der Waals surface area contributed by atoms with Crippen molar-refractivity contribution in [3.05, 3.63) is 28.6 Å². The molecular weight excluding hydrogens is 168 g/mol. The largest absolute Gasteiger partial charge is 0.477 e. The third kappa shape index (κ3) is 1.64. The number of aryl methyl sites for hydroxylation is 2. The van der Waals surface area contributed by atoms with E-state index in [1.54, 1.807) is 13.8 Å².